The average molecular weight is 311 g/mol. The van der Waals surface area contributed by atoms with Crippen LogP contribution in [0, 0.1) is 0 Å². The lowest BCUT2D eigenvalue weighted by Crippen LogP contribution is -2.26. The number of furan rings is 2. The molecule has 0 aliphatic rings. The summed E-state index contributed by atoms with van der Waals surface area (Å²) in [6, 6.07) is 9.69. The van der Waals surface area contributed by atoms with Crippen molar-refractivity contribution < 1.29 is 13.6 Å². The molecule has 0 aliphatic carbocycles. The number of hydrogen-bond acceptors (Lipinski definition) is 3. The molecule has 0 unspecified atom stereocenters. The zero-order valence-corrected chi connectivity index (χ0v) is 13.5. The van der Waals surface area contributed by atoms with E-state index in [-0.39, 0.29) is 5.91 Å². The van der Waals surface area contributed by atoms with Gasteiger partial charge in [0.05, 0.1) is 11.8 Å². The summed E-state index contributed by atoms with van der Waals surface area (Å²) in [7, 11) is 1.81. The first-order valence-electron chi connectivity index (χ1n) is 7.97. The number of hydrogen-bond donors (Lipinski definition) is 0. The standard InChI is InChI=1S/C19H21NO3/c1-3-4-8-18-16(15-7-5-6-9-17(15)23-18)12-20(2)19(21)14-10-11-22-13-14/h5-7,9-11,13H,3-4,8,12H2,1-2H3. The first-order valence-corrected chi connectivity index (χ1v) is 7.97. The van der Waals surface area contributed by atoms with Gasteiger partial charge in [0.15, 0.2) is 0 Å². The van der Waals surface area contributed by atoms with Crippen LogP contribution in [-0.4, -0.2) is 17.9 Å². The summed E-state index contributed by atoms with van der Waals surface area (Å²) in [5.74, 6) is 0.936. The molecule has 3 aromatic rings. The number of aryl methyl sites for hydroxylation is 1. The maximum Gasteiger partial charge on any atom is 0.257 e. The lowest BCUT2D eigenvalue weighted by molar-refractivity contribution is 0.0784. The Bertz CT molecular complexity index is 786. The molecule has 4 heteroatoms. The molecule has 0 aliphatic heterocycles. The minimum absolute atomic E-state index is 0.0505. The van der Waals surface area contributed by atoms with Gasteiger partial charge in [0.25, 0.3) is 5.91 Å². The molecule has 0 atom stereocenters. The maximum absolute atomic E-state index is 12.4. The van der Waals surface area contributed by atoms with Crippen molar-refractivity contribution in [3.05, 3.63) is 59.7 Å². The first-order chi connectivity index (χ1) is 11.2. The lowest BCUT2D eigenvalue weighted by atomic mass is 10.1. The molecule has 2 aromatic heterocycles. The number of amides is 1. The fourth-order valence-corrected chi connectivity index (χ4v) is 2.78. The van der Waals surface area contributed by atoms with Crippen molar-refractivity contribution in [2.45, 2.75) is 32.7 Å². The van der Waals surface area contributed by atoms with Gasteiger partial charge in [0, 0.05) is 31.0 Å². The third-order valence-corrected chi connectivity index (χ3v) is 4.05. The molecule has 4 nitrogen and oxygen atoms in total. The molecule has 3 rings (SSSR count). The van der Waals surface area contributed by atoms with Crippen molar-refractivity contribution in [1.29, 1.82) is 0 Å². The van der Waals surface area contributed by atoms with Gasteiger partial charge < -0.3 is 13.7 Å². The Morgan fingerprint density at radius 1 is 1.22 bits per heavy atom. The van der Waals surface area contributed by atoms with Crippen LogP contribution in [-0.2, 0) is 13.0 Å². The minimum Gasteiger partial charge on any atom is -0.472 e. The van der Waals surface area contributed by atoms with Gasteiger partial charge in [0.1, 0.15) is 17.6 Å². The molecular formula is C19H21NO3. The highest BCUT2D eigenvalue weighted by Crippen LogP contribution is 2.28. The third kappa shape index (κ3) is 3.16. The SMILES string of the molecule is CCCCc1oc2ccccc2c1CN(C)C(=O)c1ccoc1. The summed E-state index contributed by atoms with van der Waals surface area (Å²) in [5.41, 5.74) is 2.56. The molecule has 0 N–H and O–H groups in total. The number of unbranched alkanes of at least 4 members (excludes halogenated alkanes) is 1. The van der Waals surface area contributed by atoms with Gasteiger partial charge >= 0.3 is 0 Å². The summed E-state index contributed by atoms with van der Waals surface area (Å²) >= 11 is 0. The van der Waals surface area contributed by atoms with Gasteiger partial charge in [-0.3, -0.25) is 4.79 Å². The molecule has 0 fully saturated rings. The van der Waals surface area contributed by atoms with Crippen molar-refractivity contribution in [3.8, 4) is 0 Å². The fourth-order valence-electron chi connectivity index (χ4n) is 2.78. The van der Waals surface area contributed by atoms with Gasteiger partial charge in [-0.05, 0) is 18.6 Å². The molecule has 1 amide bonds. The molecule has 1 aromatic carbocycles. The predicted octanol–water partition coefficient (Wildman–Crippen LogP) is 4.64. The molecule has 0 saturated heterocycles. The second kappa shape index (κ2) is 6.73. The summed E-state index contributed by atoms with van der Waals surface area (Å²) in [4.78, 5) is 14.1. The van der Waals surface area contributed by atoms with Crippen LogP contribution in [0.15, 0.2) is 51.7 Å². The maximum atomic E-state index is 12.4. The van der Waals surface area contributed by atoms with Crippen LogP contribution in [0.5, 0.6) is 0 Å². The van der Waals surface area contributed by atoms with E-state index in [2.05, 4.69) is 13.0 Å². The van der Waals surface area contributed by atoms with E-state index in [1.165, 1.54) is 12.5 Å². The second-order valence-corrected chi connectivity index (χ2v) is 5.78. The van der Waals surface area contributed by atoms with Crippen LogP contribution in [0.4, 0.5) is 0 Å². The minimum atomic E-state index is -0.0505. The summed E-state index contributed by atoms with van der Waals surface area (Å²) < 4.78 is 11.0. The third-order valence-electron chi connectivity index (χ3n) is 4.05. The Labute approximate surface area is 135 Å². The van der Waals surface area contributed by atoms with E-state index in [0.29, 0.717) is 12.1 Å². The molecule has 0 saturated carbocycles. The van der Waals surface area contributed by atoms with E-state index in [1.54, 1.807) is 18.0 Å². The number of nitrogens with zero attached hydrogens (tertiary/aromatic N) is 1. The van der Waals surface area contributed by atoms with Crippen molar-refractivity contribution in [1.82, 2.24) is 4.90 Å². The smallest absolute Gasteiger partial charge is 0.257 e. The van der Waals surface area contributed by atoms with E-state index in [0.717, 1.165) is 41.6 Å². The Kier molecular flexibility index (Phi) is 4.51. The molecule has 0 bridgehead atoms. The zero-order chi connectivity index (χ0) is 16.2. The monoisotopic (exact) mass is 311 g/mol. The van der Waals surface area contributed by atoms with Crippen LogP contribution in [0.3, 0.4) is 0 Å². The van der Waals surface area contributed by atoms with E-state index in [9.17, 15) is 4.79 Å². The Morgan fingerprint density at radius 3 is 2.78 bits per heavy atom. The molecule has 0 radical (unpaired) electrons. The van der Waals surface area contributed by atoms with E-state index >= 15 is 0 Å². The van der Waals surface area contributed by atoms with Gasteiger partial charge in [-0.2, -0.15) is 0 Å². The molecule has 23 heavy (non-hydrogen) atoms. The summed E-state index contributed by atoms with van der Waals surface area (Å²) in [6.07, 6.45) is 6.08. The van der Waals surface area contributed by atoms with Crippen molar-refractivity contribution >= 4 is 16.9 Å². The average Bonchev–Trinajstić information content (AvgIpc) is 3.21. The number of para-hydroxylation sites is 1. The van der Waals surface area contributed by atoms with Crippen molar-refractivity contribution in [2.75, 3.05) is 7.05 Å². The zero-order valence-electron chi connectivity index (χ0n) is 13.5. The van der Waals surface area contributed by atoms with Gasteiger partial charge in [-0.1, -0.05) is 31.5 Å². The number of rotatable bonds is 6. The van der Waals surface area contributed by atoms with Gasteiger partial charge in [0.2, 0.25) is 0 Å². The molecule has 2 heterocycles. The van der Waals surface area contributed by atoms with Crippen molar-refractivity contribution in [2.24, 2.45) is 0 Å². The van der Waals surface area contributed by atoms with E-state index in [4.69, 9.17) is 8.83 Å². The van der Waals surface area contributed by atoms with Gasteiger partial charge in [-0.15, -0.1) is 0 Å². The van der Waals surface area contributed by atoms with Crippen LogP contribution >= 0.6 is 0 Å². The number of carbonyl (C=O) groups is 1. The quantitative estimate of drug-likeness (QED) is 0.666. The first kappa shape index (κ1) is 15.4. The molecule has 0 spiro atoms. The number of carbonyl (C=O) groups excluding carboxylic acids is 1. The van der Waals surface area contributed by atoms with E-state index in [1.807, 2.05) is 18.2 Å². The normalized spacial score (nSPS) is 11.0. The predicted molar refractivity (Wildman–Crippen MR) is 89.3 cm³/mol. The second-order valence-electron chi connectivity index (χ2n) is 5.78. The van der Waals surface area contributed by atoms with Crippen LogP contribution in [0.1, 0.15) is 41.4 Å². The summed E-state index contributed by atoms with van der Waals surface area (Å²) in [6.45, 7) is 2.69. The highest BCUT2D eigenvalue weighted by atomic mass is 16.3. The number of benzene rings is 1. The van der Waals surface area contributed by atoms with Crippen LogP contribution in [0.25, 0.3) is 11.0 Å². The molecular weight excluding hydrogens is 290 g/mol. The van der Waals surface area contributed by atoms with Gasteiger partial charge in [-0.25, -0.2) is 0 Å². The van der Waals surface area contributed by atoms with Crippen LogP contribution in [0.2, 0.25) is 0 Å². The number of fused-ring (bicyclic) bond motifs is 1. The molecule has 120 valence electrons. The van der Waals surface area contributed by atoms with E-state index < -0.39 is 0 Å². The van der Waals surface area contributed by atoms with Crippen molar-refractivity contribution in [3.63, 3.8) is 0 Å². The summed E-state index contributed by atoms with van der Waals surface area (Å²) in [5, 5.41) is 1.09. The highest BCUT2D eigenvalue weighted by molar-refractivity contribution is 5.94. The Morgan fingerprint density at radius 2 is 2.04 bits per heavy atom. The van der Waals surface area contributed by atoms with Crippen LogP contribution < -0.4 is 0 Å². The fraction of sp³-hybridized carbons (Fsp3) is 0.316. The topological polar surface area (TPSA) is 46.6 Å². The lowest BCUT2D eigenvalue weighted by Gasteiger charge is -2.16. The Balaban J connectivity index is 1.89. The largest absolute Gasteiger partial charge is 0.472 e. The highest BCUT2D eigenvalue weighted by Gasteiger charge is 2.19. The Hall–Kier alpha value is -2.49.